The summed E-state index contributed by atoms with van der Waals surface area (Å²) in [5, 5.41) is 3.18. The van der Waals surface area contributed by atoms with Gasteiger partial charge in [0.05, 0.1) is 13.3 Å². The Morgan fingerprint density at radius 3 is 3.00 bits per heavy atom. The first-order valence-electron chi connectivity index (χ1n) is 5.70. The summed E-state index contributed by atoms with van der Waals surface area (Å²) in [6.07, 6.45) is 8.08. The van der Waals surface area contributed by atoms with Gasteiger partial charge in [0.2, 0.25) is 5.91 Å². The first kappa shape index (κ1) is 12.8. The molecule has 0 saturated carbocycles. The van der Waals surface area contributed by atoms with Crippen LogP contribution in [0, 0.1) is 5.92 Å². The van der Waals surface area contributed by atoms with E-state index in [1.807, 2.05) is 6.08 Å². The predicted octanol–water partition coefficient (Wildman–Crippen LogP) is 2.22. The van der Waals surface area contributed by atoms with Crippen LogP contribution in [0.3, 0.4) is 0 Å². The fraction of sp³-hybridized carbons (Fsp3) is 0.417. The molecule has 1 aromatic heterocycles. The van der Waals surface area contributed by atoms with Gasteiger partial charge in [-0.15, -0.1) is 0 Å². The lowest BCUT2D eigenvalue weighted by atomic mass is 9.94. The van der Waals surface area contributed by atoms with Crippen molar-refractivity contribution in [1.29, 1.82) is 0 Å². The van der Waals surface area contributed by atoms with Crippen molar-refractivity contribution >= 4 is 28.3 Å². The van der Waals surface area contributed by atoms with E-state index in [0.717, 1.165) is 30.6 Å². The van der Waals surface area contributed by atoms with Gasteiger partial charge in [-0.2, -0.15) is 0 Å². The van der Waals surface area contributed by atoms with Crippen molar-refractivity contribution in [2.75, 3.05) is 12.4 Å². The molecule has 96 valence electrons. The largest absolute Gasteiger partial charge is 0.465 e. The molecule has 1 aliphatic rings. The van der Waals surface area contributed by atoms with Gasteiger partial charge in [0.15, 0.2) is 5.13 Å². The number of carbonyl (C=O) groups excluding carboxylic acids is 2. The molecule has 1 heterocycles. The van der Waals surface area contributed by atoms with Crippen LogP contribution in [0.1, 0.15) is 28.9 Å². The van der Waals surface area contributed by atoms with Gasteiger partial charge in [-0.3, -0.25) is 4.79 Å². The van der Waals surface area contributed by atoms with Crippen LogP contribution in [0.15, 0.2) is 18.3 Å². The van der Waals surface area contributed by atoms with Crippen LogP contribution in [-0.4, -0.2) is 24.0 Å². The molecule has 1 aliphatic carbocycles. The van der Waals surface area contributed by atoms with E-state index >= 15 is 0 Å². The Labute approximate surface area is 109 Å². The molecule has 0 unspecified atom stereocenters. The Morgan fingerprint density at radius 1 is 1.50 bits per heavy atom. The molecule has 18 heavy (non-hydrogen) atoms. The minimum absolute atomic E-state index is 0.000441. The van der Waals surface area contributed by atoms with Crippen molar-refractivity contribution in [3.8, 4) is 0 Å². The highest BCUT2D eigenvalue weighted by Gasteiger charge is 2.20. The van der Waals surface area contributed by atoms with Crippen LogP contribution in [0.25, 0.3) is 0 Å². The average Bonchev–Trinajstić information content (AvgIpc) is 2.87. The molecule has 0 radical (unpaired) electrons. The summed E-state index contributed by atoms with van der Waals surface area (Å²) in [5.74, 6) is -0.473. The number of carbonyl (C=O) groups is 2. The van der Waals surface area contributed by atoms with Gasteiger partial charge in [-0.1, -0.05) is 23.5 Å². The number of thiazole rings is 1. The molecule has 1 atom stereocenters. The zero-order valence-electron chi connectivity index (χ0n) is 10.0. The maximum atomic E-state index is 11.9. The number of rotatable bonds is 3. The summed E-state index contributed by atoms with van der Waals surface area (Å²) in [5.41, 5.74) is 0. The van der Waals surface area contributed by atoms with Crippen LogP contribution in [0.5, 0.6) is 0 Å². The number of nitrogens with zero attached hydrogens (tertiary/aromatic N) is 1. The van der Waals surface area contributed by atoms with Gasteiger partial charge >= 0.3 is 5.97 Å². The minimum atomic E-state index is -0.436. The Kier molecular flexibility index (Phi) is 4.09. The average molecular weight is 266 g/mol. The van der Waals surface area contributed by atoms with Crippen molar-refractivity contribution < 1.29 is 14.3 Å². The zero-order valence-corrected chi connectivity index (χ0v) is 10.8. The van der Waals surface area contributed by atoms with Crippen LogP contribution in [-0.2, 0) is 9.53 Å². The minimum Gasteiger partial charge on any atom is -0.465 e. The van der Waals surface area contributed by atoms with Crippen molar-refractivity contribution in [2.45, 2.75) is 19.3 Å². The topological polar surface area (TPSA) is 68.3 Å². The first-order valence-corrected chi connectivity index (χ1v) is 6.52. The summed E-state index contributed by atoms with van der Waals surface area (Å²) >= 11 is 1.12. The lowest BCUT2D eigenvalue weighted by Crippen LogP contribution is -2.23. The fourth-order valence-electron chi connectivity index (χ4n) is 1.77. The predicted molar refractivity (Wildman–Crippen MR) is 68.6 cm³/mol. The van der Waals surface area contributed by atoms with Gasteiger partial charge < -0.3 is 10.1 Å². The first-order chi connectivity index (χ1) is 8.70. The highest BCUT2D eigenvalue weighted by Crippen LogP contribution is 2.23. The van der Waals surface area contributed by atoms with Crippen molar-refractivity contribution in [3.63, 3.8) is 0 Å². The number of nitrogens with one attached hydrogen (secondary N) is 1. The molecule has 6 heteroatoms. The monoisotopic (exact) mass is 266 g/mol. The number of anilines is 1. The molecule has 1 aromatic rings. The van der Waals surface area contributed by atoms with Crippen LogP contribution in [0.2, 0.25) is 0 Å². The highest BCUT2D eigenvalue weighted by atomic mass is 32.1. The van der Waals surface area contributed by atoms with Gasteiger partial charge in [-0.05, 0) is 19.3 Å². The van der Waals surface area contributed by atoms with E-state index < -0.39 is 5.97 Å². The fourth-order valence-corrected chi connectivity index (χ4v) is 2.50. The molecule has 2 rings (SSSR count). The SMILES string of the molecule is COC(=O)c1cnc(NC(=O)[C@H]2CC=CCC2)s1. The molecule has 0 bridgehead atoms. The van der Waals surface area contributed by atoms with E-state index in [9.17, 15) is 9.59 Å². The normalized spacial score (nSPS) is 18.4. The van der Waals surface area contributed by atoms with Gasteiger partial charge in [0, 0.05) is 5.92 Å². The smallest absolute Gasteiger partial charge is 0.349 e. The van der Waals surface area contributed by atoms with E-state index in [0.29, 0.717) is 10.0 Å². The van der Waals surface area contributed by atoms with Crippen LogP contribution >= 0.6 is 11.3 Å². The molecular formula is C12H14N2O3S. The van der Waals surface area contributed by atoms with Gasteiger partial charge in [-0.25, -0.2) is 9.78 Å². The third kappa shape index (κ3) is 2.95. The second-order valence-electron chi connectivity index (χ2n) is 3.99. The highest BCUT2D eigenvalue weighted by molar-refractivity contribution is 7.17. The van der Waals surface area contributed by atoms with Crippen molar-refractivity contribution in [2.24, 2.45) is 5.92 Å². The van der Waals surface area contributed by atoms with E-state index in [-0.39, 0.29) is 11.8 Å². The van der Waals surface area contributed by atoms with Crippen molar-refractivity contribution in [1.82, 2.24) is 4.98 Å². The number of esters is 1. The number of ether oxygens (including phenoxy) is 1. The van der Waals surface area contributed by atoms with E-state index in [1.54, 1.807) is 0 Å². The summed E-state index contributed by atoms with van der Waals surface area (Å²) in [4.78, 5) is 27.5. The molecule has 0 spiro atoms. The van der Waals surface area contributed by atoms with E-state index in [2.05, 4.69) is 21.1 Å². The van der Waals surface area contributed by atoms with Crippen LogP contribution < -0.4 is 5.32 Å². The maximum Gasteiger partial charge on any atom is 0.349 e. The van der Waals surface area contributed by atoms with E-state index in [1.165, 1.54) is 13.3 Å². The van der Waals surface area contributed by atoms with Gasteiger partial charge in [0.1, 0.15) is 4.88 Å². The van der Waals surface area contributed by atoms with Gasteiger partial charge in [0.25, 0.3) is 0 Å². The molecule has 1 amide bonds. The number of amides is 1. The second-order valence-corrected chi connectivity index (χ2v) is 5.02. The number of hydrogen-bond acceptors (Lipinski definition) is 5. The summed E-state index contributed by atoms with van der Waals surface area (Å²) in [6, 6.07) is 0. The van der Waals surface area contributed by atoms with E-state index in [4.69, 9.17) is 0 Å². The maximum absolute atomic E-state index is 11.9. The molecule has 0 saturated heterocycles. The number of hydrogen-bond donors (Lipinski definition) is 1. The Balaban J connectivity index is 1.96. The number of aromatic nitrogens is 1. The lowest BCUT2D eigenvalue weighted by molar-refractivity contribution is -0.120. The molecular weight excluding hydrogens is 252 g/mol. The number of methoxy groups -OCH3 is 1. The lowest BCUT2D eigenvalue weighted by Gasteiger charge is -2.15. The summed E-state index contributed by atoms with van der Waals surface area (Å²) in [6.45, 7) is 0. The summed E-state index contributed by atoms with van der Waals surface area (Å²) in [7, 11) is 1.31. The Bertz CT molecular complexity index is 481. The quantitative estimate of drug-likeness (QED) is 0.673. The third-order valence-electron chi connectivity index (χ3n) is 2.76. The second kappa shape index (κ2) is 5.77. The summed E-state index contributed by atoms with van der Waals surface area (Å²) < 4.78 is 4.58. The zero-order chi connectivity index (χ0) is 13.0. The Hall–Kier alpha value is -1.69. The van der Waals surface area contributed by atoms with Crippen LogP contribution in [0.4, 0.5) is 5.13 Å². The molecule has 5 nitrogen and oxygen atoms in total. The third-order valence-corrected chi connectivity index (χ3v) is 3.66. The Morgan fingerprint density at radius 2 is 2.33 bits per heavy atom. The van der Waals surface area contributed by atoms with Crippen molar-refractivity contribution in [3.05, 3.63) is 23.2 Å². The molecule has 0 aromatic carbocycles. The molecule has 0 aliphatic heterocycles. The molecule has 1 N–H and O–H groups in total. The standard InChI is InChI=1S/C12H14N2O3S/c1-17-11(16)9-7-13-12(18-9)14-10(15)8-5-3-2-4-6-8/h2-3,7-8H,4-6H2,1H3,(H,13,14,15)/t8-/m0/s1. The number of allylic oxidation sites excluding steroid dienone is 2. The molecule has 0 fully saturated rings.